The van der Waals surface area contributed by atoms with Crippen LogP contribution in [-0.4, -0.2) is 48.6 Å². The van der Waals surface area contributed by atoms with Crippen molar-refractivity contribution in [2.45, 2.75) is 37.6 Å². The van der Waals surface area contributed by atoms with Crippen molar-refractivity contribution in [3.05, 3.63) is 18.5 Å². The Kier molecular flexibility index (Phi) is 5.50. The first-order valence-electron chi connectivity index (χ1n) is 6.55. The average molecular weight is 301 g/mol. The lowest BCUT2D eigenvalue weighted by Crippen LogP contribution is -2.47. The maximum absolute atomic E-state index is 12.7. The molecule has 0 saturated carbocycles. The molecule has 0 aromatic carbocycles. The summed E-state index contributed by atoms with van der Waals surface area (Å²) in [5, 5.41) is 12.4. The Labute approximate surface area is 120 Å². The molecule has 1 rings (SSSR count). The Balaban J connectivity index is 3.22. The average Bonchev–Trinajstić information content (AvgIpc) is 2.44. The van der Waals surface area contributed by atoms with Gasteiger partial charge < -0.3 is 10.4 Å². The van der Waals surface area contributed by atoms with Gasteiger partial charge in [0.05, 0.1) is 17.8 Å². The van der Waals surface area contributed by atoms with Crippen molar-refractivity contribution < 1.29 is 13.5 Å². The molecule has 1 aromatic heterocycles. The van der Waals surface area contributed by atoms with Crippen LogP contribution in [-0.2, 0) is 10.0 Å². The molecule has 2 N–H and O–H groups in total. The van der Waals surface area contributed by atoms with Gasteiger partial charge in [0.25, 0.3) is 0 Å². The van der Waals surface area contributed by atoms with Crippen LogP contribution in [0.15, 0.2) is 23.4 Å². The molecule has 7 heteroatoms. The highest BCUT2D eigenvalue weighted by atomic mass is 32.2. The number of sulfonamides is 1. The van der Waals surface area contributed by atoms with Crippen molar-refractivity contribution in [2.75, 3.05) is 25.5 Å². The van der Waals surface area contributed by atoms with Crippen molar-refractivity contribution in [3.8, 4) is 0 Å². The van der Waals surface area contributed by atoms with Crippen molar-refractivity contribution in [2.24, 2.45) is 0 Å². The van der Waals surface area contributed by atoms with Gasteiger partial charge in [-0.3, -0.25) is 4.98 Å². The zero-order valence-electron chi connectivity index (χ0n) is 12.4. The van der Waals surface area contributed by atoms with Crippen molar-refractivity contribution in [1.29, 1.82) is 0 Å². The Morgan fingerprint density at radius 3 is 2.65 bits per heavy atom. The van der Waals surface area contributed by atoms with Crippen LogP contribution in [0.25, 0.3) is 0 Å². The van der Waals surface area contributed by atoms with Gasteiger partial charge in [-0.05, 0) is 26.3 Å². The number of hydrogen-bond acceptors (Lipinski definition) is 5. The third-order valence-electron chi connectivity index (χ3n) is 3.23. The number of anilines is 1. The van der Waals surface area contributed by atoms with Crippen LogP contribution in [0.4, 0.5) is 5.69 Å². The molecular weight excluding hydrogens is 278 g/mol. The molecule has 1 heterocycles. The number of rotatable bonds is 7. The van der Waals surface area contributed by atoms with Crippen LogP contribution < -0.4 is 5.32 Å². The number of hydrogen-bond donors (Lipinski definition) is 2. The first-order valence-corrected chi connectivity index (χ1v) is 7.99. The topological polar surface area (TPSA) is 82.5 Å². The van der Waals surface area contributed by atoms with Crippen molar-refractivity contribution in [1.82, 2.24) is 9.29 Å². The quantitative estimate of drug-likeness (QED) is 0.793. The Morgan fingerprint density at radius 1 is 1.45 bits per heavy atom. The second kappa shape index (κ2) is 6.51. The van der Waals surface area contributed by atoms with Gasteiger partial charge >= 0.3 is 0 Å². The van der Waals surface area contributed by atoms with E-state index in [1.165, 1.54) is 17.5 Å². The van der Waals surface area contributed by atoms with E-state index in [1.54, 1.807) is 26.1 Å². The van der Waals surface area contributed by atoms with E-state index in [-0.39, 0.29) is 11.5 Å². The van der Waals surface area contributed by atoms with Crippen molar-refractivity contribution >= 4 is 15.7 Å². The fourth-order valence-electron chi connectivity index (χ4n) is 1.56. The minimum atomic E-state index is -3.72. The maximum atomic E-state index is 12.7. The van der Waals surface area contributed by atoms with Crippen LogP contribution in [0.3, 0.4) is 0 Å². The van der Waals surface area contributed by atoms with Gasteiger partial charge in [0.15, 0.2) is 0 Å². The first-order chi connectivity index (χ1) is 9.27. The minimum Gasteiger partial charge on any atom is -0.394 e. The summed E-state index contributed by atoms with van der Waals surface area (Å²) >= 11 is 0. The maximum Gasteiger partial charge on any atom is 0.246 e. The summed E-state index contributed by atoms with van der Waals surface area (Å²) in [4.78, 5) is 4.02. The molecule has 1 aromatic rings. The van der Waals surface area contributed by atoms with E-state index >= 15 is 0 Å². The van der Waals surface area contributed by atoms with Crippen LogP contribution in [0.1, 0.15) is 27.2 Å². The van der Waals surface area contributed by atoms with Gasteiger partial charge in [-0.15, -0.1) is 0 Å². The summed E-state index contributed by atoms with van der Waals surface area (Å²) < 4.78 is 26.5. The van der Waals surface area contributed by atoms with Crippen molar-refractivity contribution in [3.63, 3.8) is 0 Å². The van der Waals surface area contributed by atoms with Crippen LogP contribution in [0, 0.1) is 0 Å². The predicted octanol–water partition coefficient (Wildman–Crippen LogP) is 1.29. The summed E-state index contributed by atoms with van der Waals surface area (Å²) in [7, 11) is -2.26. The molecule has 0 bridgehead atoms. The molecular formula is C13H23N3O3S. The second-order valence-electron chi connectivity index (χ2n) is 5.24. The number of nitrogens with zero attached hydrogens (tertiary/aromatic N) is 2. The molecule has 0 aliphatic carbocycles. The van der Waals surface area contributed by atoms with E-state index in [0.717, 1.165) is 6.42 Å². The SMILES string of the molecule is CCCNc1ccncc1S(=O)(=O)N(C)C(C)(C)CO. The van der Waals surface area contributed by atoms with E-state index < -0.39 is 15.6 Å². The number of aromatic nitrogens is 1. The highest BCUT2D eigenvalue weighted by molar-refractivity contribution is 7.89. The molecule has 0 aliphatic heterocycles. The van der Waals surface area contributed by atoms with E-state index in [4.69, 9.17) is 0 Å². The predicted molar refractivity (Wildman–Crippen MR) is 79.1 cm³/mol. The number of aliphatic hydroxyl groups is 1. The molecule has 114 valence electrons. The fourth-order valence-corrected chi connectivity index (χ4v) is 3.18. The highest BCUT2D eigenvalue weighted by Crippen LogP contribution is 2.27. The minimum absolute atomic E-state index is 0.123. The summed E-state index contributed by atoms with van der Waals surface area (Å²) in [6.07, 6.45) is 3.77. The molecule has 0 radical (unpaired) electrons. The third-order valence-corrected chi connectivity index (χ3v) is 5.32. The Morgan fingerprint density at radius 2 is 2.10 bits per heavy atom. The zero-order chi connectivity index (χ0) is 15.4. The lowest BCUT2D eigenvalue weighted by Gasteiger charge is -2.33. The van der Waals surface area contributed by atoms with Gasteiger partial charge in [0.1, 0.15) is 4.90 Å². The molecule has 0 amide bonds. The van der Waals surface area contributed by atoms with Gasteiger partial charge in [-0.25, -0.2) is 8.42 Å². The summed E-state index contributed by atoms with van der Waals surface area (Å²) in [6.45, 7) is 5.75. The van der Waals surface area contributed by atoms with E-state index in [9.17, 15) is 13.5 Å². The molecule has 0 atom stereocenters. The molecule has 0 aliphatic rings. The largest absolute Gasteiger partial charge is 0.394 e. The Bertz CT molecular complexity index is 544. The number of likely N-dealkylation sites (N-methyl/N-ethyl adjacent to an activating group) is 1. The smallest absolute Gasteiger partial charge is 0.246 e. The summed E-state index contributed by atoms with van der Waals surface area (Å²) in [5.41, 5.74) is -0.348. The fraction of sp³-hybridized carbons (Fsp3) is 0.615. The monoisotopic (exact) mass is 301 g/mol. The van der Waals surface area contributed by atoms with Gasteiger partial charge in [0, 0.05) is 26.0 Å². The van der Waals surface area contributed by atoms with Gasteiger partial charge in [0.2, 0.25) is 10.0 Å². The number of aliphatic hydroxyl groups excluding tert-OH is 1. The normalized spacial score (nSPS) is 12.7. The highest BCUT2D eigenvalue weighted by Gasteiger charge is 2.35. The molecule has 0 fully saturated rings. The lowest BCUT2D eigenvalue weighted by atomic mass is 10.1. The third kappa shape index (κ3) is 3.47. The van der Waals surface area contributed by atoms with E-state index in [1.807, 2.05) is 6.92 Å². The van der Waals surface area contributed by atoms with Gasteiger partial charge in [-0.2, -0.15) is 4.31 Å². The molecule has 6 nitrogen and oxygen atoms in total. The van der Waals surface area contributed by atoms with E-state index in [2.05, 4.69) is 10.3 Å². The molecule has 0 saturated heterocycles. The Hall–Kier alpha value is -1.18. The molecule has 0 unspecified atom stereocenters. The first kappa shape index (κ1) is 16.9. The second-order valence-corrected chi connectivity index (χ2v) is 7.18. The van der Waals surface area contributed by atoms with Crippen LogP contribution in [0.5, 0.6) is 0 Å². The molecule has 20 heavy (non-hydrogen) atoms. The van der Waals surface area contributed by atoms with Crippen LogP contribution >= 0.6 is 0 Å². The number of nitrogens with one attached hydrogen (secondary N) is 1. The summed E-state index contributed by atoms with van der Waals surface area (Å²) in [6, 6.07) is 1.64. The molecule has 0 spiro atoms. The lowest BCUT2D eigenvalue weighted by molar-refractivity contribution is 0.138. The summed E-state index contributed by atoms with van der Waals surface area (Å²) in [5.74, 6) is 0. The van der Waals surface area contributed by atoms with E-state index in [0.29, 0.717) is 12.2 Å². The standard InChI is InChI=1S/C13H23N3O3S/c1-5-7-15-11-6-8-14-9-12(11)20(18,19)16(4)13(2,3)10-17/h6,8-9,17H,5,7,10H2,1-4H3,(H,14,15). The van der Waals surface area contributed by atoms with Gasteiger partial charge in [-0.1, -0.05) is 6.92 Å². The van der Waals surface area contributed by atoms with Crippen LogP contribution in [0.2, 0.25) is 0 Å². The zero-order valence-corrected chi connectivity index (χ0v) is 13.2. The number of pyridine rings is 1.